The molecule has 4 heteroatoms. The SMILES string of the molecule is CCOCCN(C)Cc1cc(CNC)oc1C. The van der Waals surface area contributed by atoms with Gasteiger partial charge in [-0.25, -0.2) is 0 Å². The molecule has 0 unspecified atom stereocenters. The maximum Gasteiger partial charge on any atom is 0.118 e. The lowest BCUT2D eigenvalue weighted by molar-refractivity contribution is 0.120. The minimum Gasteiger partial charge on any atom is -0.465 e. The summed E-state index contributed by atoms with van der Waals surface area (Å²) in [6.45, 7) is 8.24. The van der Waals surface area contributed by atoms with Crippen LogP contribution in [0, 0.1) is 6.92 Å². The Morgan fingerprint density at radius 1 is 1.47 bits per heavy atom. The molecule has 0 saturated carbocycles. The van der Waals surface area contributed by atoms with Crippen molar-refractivity contribution in [1.82, 2.24) is 10.2 Å². The van der Waals surface area contributed by atoms with E-state index in [9.17, 15) is 0 Å². The highest BCUT2D eigenvalue weighted by molar-refractivity contribution is 5.20. The normalized spacial score (nSPS) is 11.4. The molecule has 1 N–H and O–H groups in total. The van der Waals surface area contributed by atoms with Gasteiger partial charge in [0.2, 0.25) is 0 Å². The van der Waals surface area contributed by atoms with Crippen LogP contribution in [0.5, 0.6) is 0 Å². The van der Waals surface area contributed by atoms with Crippen molar-refractivity contribution in [2.45, 2.75) is 26.9 Å². The highest BCUT2D eigenvalue weighted by Crippen LogP contribution is 2.16. The van der Waals surface area contributed by atoms with Gasteiger partial charge in [-0.05, 0) is 34.0 Å². The zero-order valence-electron chi connectivity index (χ0n) is 11.4. The lowest BCUT2D eigenvalue weighted by Gasteiger charge is -2.15. The number of hydrogen-bond donors (Lipinski definition) is 1. The van der Waals surface area contributed by atoms with Gasteiger partial charge in [0, 0.05) is 25.3 Å². The largest absolute Gasteiger partial charge is 0.465 e. The number of nitrogens with one attached hydrogen (secondary N) is 1. The third-order valence-electron chi connectivity index (χ3n) is 2.68. The van der Waals surface area contributed by atoms with Crippen LogP contribution in [0.2, 0.25) is 0 Å². The van der Waals surface area contributed by atoms with Gasteiger partial charge in [0.25, 0.3) is 0 Å². The molecule has 0 aromatic carbocycles. The van der Waals surface area contributed by atoms with Crippen molar-refractivity contribution < 1.29 is 9.15 Å². The van der Waals surface area contributed by atoms with Gasteiger partial charge in [-0.2, -0.15) is 0 Å². The first kappa shape index (κ1) is 14.2. The summed E-state index contributed by atoms with van der Waals surface area (Å²) in [5.41, 5.74) is 1.26. The average Bonchev–Trinajstić information content (AvgIpc) is 2.60. The van der Waals surface area contributed by atoms with E-state index in [4.69, 9.17) is 9.15 Å². The molecule has 1 aromatic rings. The van der Waals surface area contributed by atoms with E-state index in [1.54, 1.807) is 0 Å². The van der Waals surface area contributed by atoms with Crippen molar-refractivity contribution in [3.63, 3.8) is 0 Å². The Morgan fingerprint density at radius 3 is 2.88 bits per heavy atom. The molecule has 0 aliphatic rings. The number of aryl methyl sites for hydroxylation is 1. The summed E-state index contributed by atoms with van der Waals surface area (Å²) in [5, 5.41) is 3.09. The Hall–Kier alpha value is -0.840. The van der Waals surface area contributed by atoms with Gasteiger partial charge in [-0.3, -0.25) is 4.90 Å². The minimum absolute atomic E-state index is 0.781. The van der Waals surface area contributed by atoms with Gasteiger partial charge in [-0.1, -0.05) is 0 Å². The number of nitrogens with zero attached hydrogens (tertiary/aromatic N) is 1. The standard InChI is InChI=1S/C13H24N2O2/c1-5-16-7-6-15(4)10-12-8-13(9-14-3)17-11(12)2/h8,14H,5-7,9-10H2,1-4H3. The molecular weight excluding hydrogens is 216 g/mol. The van der Waals surface area contributed by atoms with Crippen LogP contribution in [0.1, 0.15) is 24.0 Å². The molecule has 0 atom stereocenters. The average molecular weight is 240 g/mol. The summed E-state index contributed by atoms with van der Waals surface area (Å²) in [7, 11) is 4.02. The van der Waals surface area contributed by atoms with Gasteiger partial charge in [0.15, 0.2) is 0 Å². The number of hydrogen-bond acceptors (Lipinski definition) is 4. The van der Waals surface area contributed by atoms with E-state index in [2.05, 4.69) is 23.3 Å². The summed E-state index contributed by atoms with van der Waals surface area (Å²) in [6, 6.07) is 2.13. The molecule has 0 bridgehead atoms. The molecule has 0 amide bonds. The first-order chi connectivity index (χ1) is 8.17. The lowest BCUT2D eigenvalue weighted by Crippen LogP contribution is -2.22. The molecule has 0 spiro atoms. The molecule has 0 aliphatic heterocycles. The molecular formula is C13H24N2O2. The van der Waals surface area contributed by atoms with E-state index < -0.39 is 0 Å². The van der Waals surface area contributed by atoms with Crippen LogP contribution in [-0.4, -0.2) is 38.8 Å². The predicted molar refractivity (Wildman–Crippen MR) is 69.0 cm³/mol. The molecule has 4 nitrogen and oxygen atoms in total. The van der Waals surface area contributed by atoms with Crippen molar-refractivity contribution in [3.8, 4) is 0 Å². The molecule has 17 heavy (non-hydrogen) atoms. The summed E-state index contributed by atoms with van der Waals surface area (Å²) in [6.07, 6.45) is 0. The lowest BCUT2D eigenvalue weighted by atomic mass is 10.2. The molecule has 0 radical (unpaired) electrons. The number of rotatable bonds is 8. The van der Waals surface area contributed by atoms with Gasteiger partial charge >= 0.3 is 0 Å². The zero-order valence-corrected chi connectivity index (χ0v) is 11.4. The number of furan rings is 1. The maximum absolute atomic E-state index is 5.66. The maximum atomic E-state index is 5.66. The number of ether oxygens (including phenoxy) is 1. The fraction of sp³-hybridized carbons (Fsp3) is 0.692. The van der Waals surface area contributed by atoms with E-state index >= 15 is 0 Å². The van der Waals surface area contributed by atoms with Crippen LogP contribution in [0.3, 0.4) is 0 Å². The molecule has 1 rings (SSSR count). The van der Waals surface area contributed by atoms with Crippen LogP contribution in [-0.2, 0) is 17.8 Å². The summed E-state index contributed by atoms with van der Waals surface area (Å²) < 4.78 is 11.0. The quantitative estimate of drug-likeness (QED) is 0.703. The van der Waals surface area contributed by atoms with E-state index in [0.29, 0.717) is 0 Å². The first-order valence-electron chi connectivity index (χ1n) is 6.16. The summed E-state index contributed by atoms with van der Waals surface area (Å²) in [4.78, 5) is 2.25. The second-order valence-electron chi connectivity index (χ2n) is 4.26. The first-order valence-corrected chi connectivity index (χ1v) is 6.16. The van der Waals surface area contributed by atoms with Crippen molar-refractivity contribution in [2.75, 3.05) is 33.9 Å². The predicted octanol–water partition coefficient (Wildman–Crippen LogP) is 1.78. The fourth-order valence-electron chi connectivity index (χ4n) is 1.74. The molecule has 0 fully saturated rings. The second kappa shape index (κ2) is 7.48. The van der Waals surface area contributed by atoms with Crippen molar-refractivity contribution in [2.24, 2.45) is 0 Å². The third kappa shape index (κ3) is 4.89. The Morgan fingerprint density at radius 2 is 2.24 bits per heavy atom. The molecule has 1 aromatic heterocycles. The Kier molecular flexibility index (Phi) is 6.26. The van der Waals surface area contributed by atoms with Crippen LogP contribution in [0.25, 0.3) is 0 Å². The van der Waals surface area contributed by atoms with Gasteiger partial charge in [0.1, 0.15) is 11.5 Å². The van der Waals surface area contributed by atoms with Crippen LogP contribution in [0.4, 0.5) is 0 Å². The van der Waals surface area contributed by atoms with Crippen LogP contribution >= 0.6 is 0 Å². The van der Waals surface area contributed by atoms with Crippen LogP contribution < -0.4 is 5.32 Å². The topological polar surface area (TPSA) is 37.6 Å². The van der Waals surface area contributed by atoms with Crippen molar-refractivity contribution >= 4 is 0 Å². The van der Waals surface area contributed by atoms with Crippen LogP contribution in [0.15, 0.2) is 10.5 Å². The highest BCUT2D eigenvalue weighted by Gasteiger charge is 2.09. The van der Waals surface area contributed by atoms with E-state index in [0.717, 1.165) is 44.4 Å². The van der Waals surface area contributed by atoms with Crippen molar-refractivity contribution in [1.29, 1.82) is 0 Å². The van der Waals surface area contributed by atoms with Gasteiger partial charge < -0.3 is 14.5 Å². The molecule has 0 saturated heterocycles. The fourth-order valence-corrected chi connectivity index (χ4v) is 1.74. The highest BCUT2D eigenvalue weighted by atomic mass is 16.5. The molecule has 0 aliphatic carbocycles. The third-order valence-corrected chi connectivity index (χ3v) is 2.68. The number of likely N-dealkylation sites (N-methyl/N-ethyl adjacent to an activating group) is 1. The smallest absolute Gasteiger partial charge is 0.118 e. The van der Waals surface area contributed by atoms with Gasteiger partial charge in [0.05, 0.1) is 13.2 Å². The van der Waals surface area contributed by atoms with Gasteiger partial charge in [-0.15, -0.1) is 0 Å². The second-order valence-corrected chi connectivity index (χ2v) is 4.26. The Balaban J connectivity index is 2.44. The van der Waals surface area contributed by atoms with E-state index in [1.165, 1.54) is 5.56 Å². The molecule has 98 valence electrons. The monoisotopic (exact) mass is 240 g/mol. The Bertz CT molecular complexity index is 323. The summed E-state index contributed by atoms with van der Waals surface area (Å²) in [5.74, 6) is 2.01. The van der Waals surface area contributed by atoms with Crippen molar-refractivity contribution in [3.05, 3.63) is 23.2 Å². The Labute approximate surface area is 104 Å². The summed E-state index contributed by atoms with van der Waals surface area (Å²) >= 11 is 0. The molecule has 1 heterocycles. The zero-order chi connectivity index (χ0) is 12.7. The van der Waals surface area contributed by atoms with E-state index in [-0.39, 0.29) is 0 Å². The van der Waals surface area contributed by atoms with E-state index in [1.807, 2.05) is 20.9 Å². The minimum atomic E-state index is 0.781.